The zero-order valence-corrected chi connectivity index (χ0v) is 7.10. The van der Waals surface area contributed by atoms with Gasteiger partial charge in [-0.1, -0.05) is 20.1 Å². The molecule has 2 unspecified atom stereocenters. The van der Waals surface area contributed by atoms with Crippen LogP contribution < -0.4 is 0 Å². The lowest BCUT2D eigenvalue weighted by molar-refractivity contribution is 0.0577. The normalized spacial score (nSPS) is 32.1. The van der Waals surface area contributed by atoms with Crippen molar-refractivity contribution >= 4 is 7.28 Å². The van der Waals surface area contributed by atoms with Crippen molar-refractivity contribution in [3.05, 3.63) is 24.4 Å². The van der Waals surface area contributed by atoms with Crippen molar-refractivity contribution in [2.75, 3.05) is 0 Å². The predicted molar refractivity (Wildman–Crippen MR) is 47.3 cm³/mol. The van der Waals surface area contributed by atoms with E-state index in [1.807, 2.05) is 6.92 Å². The van der Waals surface area contributed by atoms with Crippen LogP contribution in [0.5, 0.6) is 0 Å². The number of hydrogen-bond donors (Lipinski definition) is 0. The molecule has 3 heteroatoms. The highest BCUT2D eigenvalue weighted by Crippen LogP contribution is 2.31. The summed E-state index contributed by atoms with van der Waals surface area (Å²) in [6, 6.07) is 0. The van der Waals surface area contributed by atoms with Crippen molar-refractivity contribution in [2.45, 2.75) is 25.6 Å². The van der Waals surface area contributed by atoms with E-state index < -0.39 is 0 Å². The van der Waals surface area contributed by atoms with E-state index in [1.165, 1.54) is 0 Å². The van der Waals surface area contributed by atoms with E-state index in [9.17, 15) is 4.48 Å². The van der Waals surface area contributed by atoms with Gasteiger partial charge in [-0.2, -0.15) is 0 Å². The van der Waals surface area contributed by atoms with Gasteiger partial charge in [0.05, 0.1) is 5.70 Å². The molecule has 1 rings (SSSR count). The fourth-order valence-corrected chi connectivity index (χ4v) is 1.43. The first-order valence-corrected chi connectivity index (χ1v) is 3.87. The van der Waals surface area contributed by atoms with Crippen molar-refractivity contribution < 1.29 is 4.48 Å². The van der Waals surface area contributed by atoms with Gasteiger partial charge in [0, 0.05) is 5.94 Å². The molecule has 0 spiro atoms. The third kappa shape index (κ3) is 1.32. The van der Waals surface area contributed by atoms with E-state index in [-0.39, 0.29) is 5.94 Å². The summed E-state index contributed by atoms with van der Waals surface area (Å²) in [5.74, 6) is 0.312. The summed E-state index contributed by atoms with van der Waals surface area (Å²) in [6.45, 7) is 11.3. The van der Waals surface area contributed by atoms with Crippen LogP contribution in [0.1, 0.15) is 13.8 Å². The monoisotopic (exact) mass is 153 g/mol. The largest absolute Gasteiger partial charge is 0.217 e. The first kappa shape index (κ1) is 8.37. The number of nitrogens with zero attached hydrogens (tertiary/aromatic N) is 1. The number of halogens is 1. The van der Waals surface area contributed by atoms with Crippen LogP contribution in [0, 0.1) is 0 Å². The summed E-state index contributed by atoms with van der Waals surface area (Å²) in [4.78, 5) is 0. The molecule has 0 aromatic carbocycles. The molecule has 1 nitrogen and oxygen atoms in total. The minimum atomic E-state index is -0.0528. The number of rotatable bonds is 0. The van der Waals surface area contributed by atoms with Gasteiger partial charge in [0.15, 0.2) is 7.28 Å². The second kappa shape index (κ2) is 2.72. The minimum Gasteiger partial charge on any atom is -0.217 e. The molecule has 1 aliphatic rings. The van der Waals surface area contributed by atoms with Gasteiger partial charge in [0.2, 0.25) is 0 Å². The van der Waals surface area contributed by atoms with Gasteiger partial charge >= 0.3 is 0 Å². The molecule has 0 aliphatic carbocycles. The summed E-state index contributed by atoms with van der Waals surface area (Å²) in [6.07, 6.45) is 0. The van der Waals surface area contributed by atoms with E-state index in [4.69, 9.17) is 0 Å². The topological polar surface area (TPSA) is 3.24 Å². The SMILES string of the molecule is C=C1C(=C)N(F)C(C)BC1C. The third-order valence-electron chi connectivity index (χ3n) is 2.31. The Kier molecular flexibility index (Phi) is 2.07. The molecule has 60 valence electrons. The van der Waals surface area contributed by atoms with E-state index in [1.54, 1.807) is 0 Å². The Morgan fingerprint density at radius 2 is 2.00 bits per heavy atom. The summed E-state index contributed by atoms with van der Waals surface area (Å²) < 4.78 is 13.1. The van der Waals surface area contributed by atoms with Crippen molar-refractivity contribution in [3.8, 4) is 0 Å². The summed E-state index contributed by atoms with van der Waals surface area (Å²) in [7, 11) is 0.828. The van der Waals surface area contributed by atoms with Crippen LogP contribution in [-0.2, 0) is 0 Å². The first-order valence-electron chi connectivity index (χ1n) is 3.87. The van der Waals surface area contributed by atoms with Crippen LogP contribution >= 0.6 is 0 Å². The molecule has 1 saturated heterocycles. The Labute approximate surface area is 67.8 Å². The lowest BCUT2D eigenvalue weighted by Crippen LogP contribution is -2.38. The minimum absolute atomic E-state index is 0.0528. The highest BCUT2D eigenvalue weighted by molar-refractivity contribution is 6.41. The average molecular weight is 153 g/mol. The van der Waals surface area contributed by atoms with Crippen LogP contribution in [0.4, 0.5) is 4.48 Å². The van der Waals surface area contributed by atoms with Gasteiger partial charge in [0.1, 0.15) is 0 Å². The van der Waals surface area contributed by atoms with E-state index >= 15 is 0 Å². The quantitative estimate of drug-likeness (QED) is 0.379. The van der Waals surface area contributed by atoms with Crippen LogP contribution in [-0.4, -0.2) is 18.3 Å². The number of hydrogen-bond acceptors (Lipinski definition) is 1. The Morgan fingerprint density at radius 1 is 1.45 bits per heavy atom. The highest BCUT2D eigenvalue weighted by Gasteiger charge is 2.29. The van der Waals surface area contributed by atoms with Crippen molar-refractivity contribution in [1.29, 1.82) is 0 Å². The van der Waals surface area contributed by atoms with Gasteiger partial charge < -0.3 is 0 Å². The molecule has 0 aromatic rings. The Bertz CT molecular complexity index is 202. The molecule has 0 amide bonds. The standard InChI is InChI=1S/C8H13BFN/c1-5-6(2)9-8(4)11(10)7(5)3/h6,8-9H,1,3H2,2,4H3. The van der Waals surface area contributed by atoms with E-state index in [0.29, 0.717) is 16.6 Å². The molecular weight excluding hydrogens is 140 g/mol. The van der Waals surface area contributed by atoms with Crippen LogP contribution in [0.15, 0.2) is 24.4 Å². The maximum Gasteiger partial charge on any atom is 0.160 e. The molecule has 2 atom stereocenters. The summed E-state index contributed by atoms with van der Waals surface area (Å²) >= 11 is 0. The molecule has 0 saturated carbocycles. The molecule has 1 fully saturated rings. The Hall–Kier alpha value is -0.725. The molecule has 11 heavy (non-hydrogen) atoms. The molecule has 0 N–H and O–H groups in total. The third-order valence-corrected chi connectivity index (χ3v) is 2.31. The van der Waals surface area contributed by atoms with Gasteiger partial charge in [-0.15, -0.1) is 4.48 Å². The maximum absolute atomic E-state index is 13.1. The zero-order chi connectivity index (χ0) is 8.59. The molecule has 1 heterocycles. The van der Waals surface area contributed by atoms with Crippen LogP contribution in [0.2, 0.25) is 5.82 Å². The molecular formula is C8H13BFN. The lowest BCUT2D eigenvalue weighted by Gasteiger charge is -2.33. The fourth-order valence-electron chi connectivity index (χ4n) is 1.43. The Morgan fingerprint density at radius 3 is 2.55 bits per heavy atom. The average Bonchev–Trinajstić information content (AvgIpc) is 1.97. The fraction of sp³-hybridized carbons (Fsp3) is 0.500. The first-order chi connectivity index (χ1) is 5.04. The summed E-state index contributed by atoms with van der Waals surface area (Å²) in [5.41, 5.74) is 1.27. The molecule has 0 aromatic heterocycles. The van der Waals surface area contributed by atoms with E-state index in [0.717, 1.165) is 12.9 Å². The Balaban J connectivity index is 2.79. The summed E-state index contributed by atoms with van der Waals surface area (Å²) in [5, 5.41) is 0.711. The smallest absolute Gasteiger partial charge is 0.160 e. The van der Waals surface area contributed by atoms with Gasteiger partial charge in [-0.3, -0.25) is 0 Å². The lowest BCUT2D eigenvalue weighted by atomic mass is 9.54. The second-order valence-electron chi connectivity index (χ2n) is 3.27. The highest BCUT2D eigenvalue weighted by atomic mass is 19.2. The van der Waals surface area contributed by atoms with Crippen molar-refractivity contribution in [3.63, 3.8) is 0 Å². The van der Waals surface area contributed by atoms with E-state index in [2.05, 4.69) is 20.1 Å². The van der Waals surface area contributed by atoms with Gasteiger partial charge in [-0.05, 0) is 18.3 Å². The predicted octanol–water partition coefficient (Wildman–Crippen LogP) is 1.85. The maximum atomic E-state index is 13.1. The van der Waals surface area contributed by atoms with Crippen LogP contribution in [0.25, 0.3) is 0 Å². The molecule has 0 bridgehead atoms. The van der Waals surface area contributed by atoms with Gasteiger partial charge in [0.25, 0.3) is 0 Å². The van der Waals surface area contributed by atoms with Gasteiger partial charge in [-0.25, -0.2) is 5.12 Å². The zero-order valence-electron chi connectivity index (χ0n) is 7.10. The van der Waals surface area contributed by atoms with Crippen molar-refractivity contribution in [1.82, 2.24) is 5.12 Å². The molecule has 0 radical (unpaired) electrons. The number of allylic oxidation sites excluding steroid dienone is 1. The second-order valence-corrected chi connectivity index (χ2v) is 3.27. The molecule has 1 aliphatic heterocycles. The van der Waals surface area contributed by atoms with Crippen LogP contribution in [0.3, 0.4) is 0 Å². The van der Waals surface area contributed by atoms with Crippen molar-refractivity contribution in [2.24, 2.45) is 0 Å².